The Hall–Kier alpha value is -1.79. The summed E-state index contributed by atoms with van der Waals surface area (Å²) >= 11 is 1.58. The van der Waals surface area contributed by atoms with E-state index in [0.29, 0.717) is 12.3 Å². The van der Waals surface area contributed by atoms with E-state index in [0.717, 1.165) is 36.6 Å². The maximum absolute atomic E-state index is 11.8. The van der Waals surface area contributed by atoms with Crippen LogP contribution < -0.4 is 5.32 Å². The first kappa shape index (κ1) is 16.1. The summed E-state index contributed by atoms with van der Waals surface area (Å²) in [5.41, 5.74) is 2.02. The van der Waals surface area contributed by atoms with Crippen molar-refractivity contribution in [3.63, 3.8) is 0 Å². The number of para-hydroxylation sites is 1. The van der Waals surface area contributed by atoms with Crippen molar-refractivity contribution < 1.29 is 9.53 Å². The molecule has 0 unspecified atom stereocenters. The molecule has 1 amide bonds. The molecule has 2 aromatic rings. The number of nitrogens with zero attached hydrogens (tertiary/aromatic N) is 2. The van der Waals surface area contributed by atoms with Crippen molar-refractivity contribution in [1.29, 1.82) is 0 Å². The van der Waals surface area contributed by atoms with Crippen molar-refractivity contribution in [3.8, 4) is 5.69 Å². The number of nitrogens with one attached hydrogen (secondary N) is 1. The molecule has 1 aliphatic heterocycles. The summed E-state index contributed by atoms with van der Waals surface area (Å²) in [7, 11) is 0. The number of aromatic nitrogens is 2. The quantitative estimate of drug-likeness (QED) is 0.846. The number of benzene rings is 1. The van der Waals surface area contributed by atoms with Crippen LogP contribution in [0.2, 0.25) is 0 Å². The largest absolute Gasteiger partial charge is 0.376 e. The van der Waals surface area contributed by atoms with Crippen molar-refractivity contribution in [2.24, 2.45) is 0 Å². The molecular weight excluding hydrogens is 310 g/mol. The highest BCUT2D eigenvalue weighted by molar-refractivity contribution is 7.99. The molecular formula is C17H21N3O2S. The highest BCUT2D eigenvalue weighted by Gasteiger charge is 2.16. The summed E-state index contributed by atoms with van der Waals surface area (Å²) in [5.74, 6) is 1.24. The van der Waals surface area contributed by atoms with Crippen molar-refractivity contribution in [2.75, 3.05) is 18.9 Å². The lowest BCUT2D eigenvalue weighted by molar-refractivity contribution is -0.119. The Bertz CT molecular complexity index is 624. The summed E-state index contributed by atoms with van der Waals surface area (Å²) in [4.78, 5) is 11.8. The zero-order valence-corrected chi connectivity index (χ0v) is 13.8. The number of carbonyl (C=O) groups is 1. The van der Waals surface area contributed by atoms with Crippen LogP contribution in [0.3, 0.4) is 0 Å². The van der Waals surface area contributed by atoms with E-state index in [9.17, 15) is 4.79 Å². The predicted molar refractivity (Wildman–Crippen MR) is 91.7 cm³/mol. The Morgan fingerprint density at radius 1 is 1.35 bits per heavy atom. The maximum atomic E-state index is 11.8. The molecule has 1 aromatic heterocycles. The first-order valence-corrected chi connectivity index (χ1v) is 9.03. The minimum Gasteiger partial charge on any atom is -0.376 e. The fourth-order valence-corrected chi connectivity index (χ4v) is 3.25. The van der Waals surface area contributed by atoms with E-state index in [1.807, 2.05) is 47.3 Å². The topological polar surface area (TPSA) is 56.2 Å². The van der Waals surface area contributed by atoms with Crippen molar-refractivity contribution in [3.05, 3.63) is 48.3 Å². The minimum atomic E-state index is 0.0630. The lowest BCUT2D eigenvalue weighted by atomic mass is 10.2. The number of hydrogen-bond donors (Lipinski definition) is 1. The third-order valence-electron chi connectivity index (χ3n) is 3.70. The Morgan fingerprint density at radius 2 is 2.22 bits per heavy atom. The molecule has 1 saturated heterocycles. The van der Waals surface area contributed by atoms with Gasteiger partial charge in [0.25, 0.3) is 0 Å². The van der Waals surface area contributed by atoms with Crippen LogP contribution in [0.25, 0.3) is 5.69 Å². The van der Waals surface area contributed by atoms with Crippen molar-refractivity contribution in [1.82, 2.24) is 15.1 Å². The zero-order chi connectivity index (χ0) is 15.9. The van der Waals surface area contributed by atoms with Gasteiger partial charge in [0.2, 0.25) is 5.91 Å². The third kappa shape index (κ3) is 4.84. The smallest absolute Gasteiger partial charge is 0.230 e. The minimum absolute atomic E-state index is 0.0630. The van der Waals surface area contributed by atoms with Gasteiger partial charge in [-0.3, -0.25) is 4.79 Å². The normalized spacial score (nSPS) is 17.3. The highest BCUT2D eigenvalue weighted by atomic mass is 32.2. The molecule has 0 radical (unpaired) electrons. The standard InChI is InChI=1S/C17H21N3O2S/c21-17(18-11-16-7-4-10-22-16)13-23-12-14-8-9-20(19-14)15-5-2-1-3-6-15/h1-3,5-6,8-9,16H,4,7,10-13H2,(H,18,21)/t16-/m1/s1. The van der Waals surface area contributed by atoms with Gasteiger partial charge in [0, 0.05) is 25.1 Å². The molecule has 0 aliphatic carbocycles. The lowest BCUT2D eigenvalue weighted by Crippen LogP contribution is -2.32. The summed E-state index contributed by atoms with van der Waals surface area (Å²) < 4.78 is 7.34. The van der Waals surface area contributed by atoms with E-state index < -0.39 is 0 Å². The van der Waals surface area contributed by atoms with Gasteiger partial charge in [-0.1, -0.05) is 18.2 Å². The molecule has 5 nitrogen and oxygen atoms in total. The van der Waals surface area contributed by atoms with Gasteiger partial charge in [0.1, 0.15) is 0 Å². The lowest BCUT2D eigenvalue weighted by Gasteiger charge is -2.10. The molecule has 1 fully saturated rings. The second-order valence-electron chi connectivity index (χ2n) is 5.52. The Balaban J connectivity index is 1.39. The molecule has 1 aromatic carbocycles. The van der Waals surface area contributed by atoms with Crippen LogP contribution in [0.1, 0.15) is 18.5 Å². The molecule has 0 bridgehead atoms. The number of thioether (sulfide) groups is 1. The van der Waals surface area contributed by atoms with Gasteiger partial charge in [0.15, 0.2) is 0 Å². The highest BCUT2D eigenvalue weighted by Crippen LogP contribution is 2.13. The van der Waals surface area contributed by atoms with Crippen LogP contribution >= 0.6 is 11.8 Å². The molecule has 0 saturated carbocycles. The van der Waals surface area contributed by atoms with Gasteiger partial charge >= 0.3 is 0 Å². The van der Waals surface area contributed by atoms with Crippen LogP contribution in [-0.2, 0) is 15.3 Å². The summed E-state index contributed by atoms with van der Waals surface area (Å²) in [6.45, 7) is 1.45. The number of amides is 1. The molecule has 1 aliphatic rings. The van der Waals surface area contributed by atoms with Crippen LogP contribution in [0.5, 0.6) is 0 Å². The first-order chi connectivity index (χ1) is 11.3. The van der Waals surface area contributed by atoms with Crippen LogP contribution in [0, 0.1) is 0 Å². The number of carbonyl (C=O) groups excluding carboxylic acids is 1. The van der Waals surface area contributed by atoms with E-state index in [4.69, 9.17) is 4.74 Å². The van der Waals surface area contributed by atoms with Gasteiger partial charge in [-0.2, -0.15) is 5.10 Å². The van der Waals surface area contributed by atoms with Gasteiger partial charge in [0.05, 0.1) is 23.2 Å². The zero-order valence-electron chi connectivity index (χ0n) is 13.0. The Morgan fingerprint density at radius 3 is 3.00 bits per heavy atom. The van der Waals surface area contributed by atoms with Gasteiger partial charge < -0.3 is 10.1 Å². The maximum Gasteiger partial charge on any atom is 0.230 e. The summed E-state index contributed by atoms with van der Waals surface area (Å²) in [6.07, 6.45) is 4.29. The third-order valence-corrected chi connectivity index (χ3v) is 4.67. The van der Waals surface area contributed by atoms with Gasteiger partial charge in [-0.15, -0.1) is 11.8 Å². The fraction of sp³-hybridized carbons (Fsp3) is 0.412. The molecule has 0 spiro atoms. The second kappa shape index (κ2) is 8.17. The van der Waals surface area contributed by atoms with Crippen LogP contribution in [-0.4, -0.2) is 40.7 Å². The van der Waals surface area contributed by atoms with E-state index in [2.05, 4.69) is 10.4 Å². The molecule has 6 heteroatoms. The predicted octanol–water partition coefficient (Wildman–Crippen LogP) is 2.40. The van der Waals surface area contributed by atoms with Gasteiger partial charge in [-0.05, 0) is 31.0 Å². The molecule has 3 rings (SSSR count). The molecule has 1 N–H and O–H groups in total. The average molecular weight is 331 g/mol. The average Bonchev–Trinajstić information content (AvgIpc) is 3.26. The van der Waals surface area contributed by atoms with Crippen LogP contribution in [0.15, 0.2) is 42.6 Å². The molecule has 1 atom stereocenters. The fourth-order valence-electron chi connectivity index (χ4n) is 2.50. The number of hydrogen-bond acceptors (Lipinski definition) is 4. The van der Waals surface area contributed by atoms with Crippen LogP contribution in [0.4, 0.5) is 0 Å². The first-order valence-electron chi connectivity index (χ1n) is 7.87. The summed E-state index contributed by atoms with van der Waals surface area (Å²) in [6, 6.07) is 12.0. The Kier molecular flexibility index (Phi) is 5.71. The number of ether oxygens (including phenoxy) is 1. The van der Waals surface area contributed by atoms with Crippen molar-refractivity contribution >= 4 is 17.7 Å². The number of rotatable bonds is 7. The molecule has 2 heterocycles. The van der Waals surface area contributed by atoms with E-state index in [-0.39, 0.29) is 12.0 Å². The Labute approximate surface area is 140 Å². The van der Waals surface area contributed by atoms with E-state index in [1.165, 1.54) is 0 Å². The second-order valence-corrected chi connectivity index (χ2v) is 6.50. The van der Waals surface area contributed by atoms with Crippen molar-refractivity contribution in [2.45, 2.75) is 24.7 Å². The van der Waals surface area contributed by atoms with Gasteiger partial charge in [-0.25, -0.2) is 4.68 Å². The van der Waals surface area contributed by atoms with E-state index >= 15 is 0 Å². The molecule has 23 heavy (non-hydrogen) atoms. The molecule has 122 valence electrons. The monoisotopic (exact) mass is 331 g/mol. The summed E-state index contributed by atoms with van der Waals surface area (Å²) in [5, 5.41) is 7.46. The van der Waals surface area contributed by atoms with E-state index in [1.54, 1.807) is 11.8 Å². The SMILES string of the molecule is O=C(CSCc1ccn(-c2ccccc2)n1)NC[C@H]1CCCO1.